The Morgan fingerprint density at radius 1 is 0.907 bits per heavy atom. The number of carboxylic acid groups (broad SMARTS) is 2. The molecule has 1 aliphatic heterocycles. The van der Waals surface area contributed by atoms with Crippen LogP contribution >= 0.6 is 0 Å². The van der Waals surface area contributed by atoms with Gasteiger partial charge in [0.2, 0.25) is 17.7 Å². The number of hydrogen-bond donors (Lipinski definition) is 7. The zero-order chi connectivity index (χ0) is 32.4. The first-order valence-electron chi connectivity index (χ1n) is 14.4. The monoisotopic (exact) mass is 615 g/mol. The van der Waals surface area contributed by atoms with Crippen LogP contribution in [-0.2, 0) is 43.0 Å². The summed E-state index contributed by atoms with van der Waals surface area (Å²) in [5, 5.41) is 31.8. The molecule has 1 saturated heterocycles. The van der Waals surface area contributed by atoms with E-state index in [4.69, 9.17) is 4.74 Å². The molecule has 0 aromatic rings. The average molecular weight is 616 g/mol. The Balaban J connectivity index is 2.97. The molecule has 0 saturated carbocycles. The molecule has 5 atom stereocenters. The van der Waals surface area contributed by atoms with Crippen LogP contribution in [0.2, 0.25) is 0 Å². The number of methoxy groups -OCH3 is 1. The fourth-order valence-corrected chi connectivity index (χ4v) is 4.30. The lowest BCUT2D eigenvalue weighted by atomic mass is 10.0. The molecule has 43 heavy (non-hydrogen) atoms. The van der Waals surface area contributed by atoms with Gasteiger partial charge in [0.25, 0.3) is 0 Å². The van der Waals surface area contributed by atoms with Crippen molar-refractivity contribution in [1.29, 1.82) is 0 Å². The van der Waals surface area contributed by atoms with E-state index in [1.807, 2.05) is 6.92 Å². The van der Waals surface area contributed by atoms with Gasteiger partial charge >= 0.3 is 23.9 Å². The van der Waals surface area contributed by atoms with Crippen molar-refractivity contribution in [3.05, 3.63) is 0 Å². The van der Waals surface area contributed by atoms with E-state index in [2.05, 4.69) is 31.3 Å². The van der Waals surface area contributed by atoms with E-state index in [-0.39, 0.29) is 6.42 Å². The lowest BCUT2D eigenvalue weighted by Crippen LogP contribution is -2.55. The number of piperidine rings is 1. The molecule has 16 nitrogen and oxygen atoms in total. The molecule has 0 bridgehead atoms. The first kappa shape index (κ1) is 37.2. The van der Waals surface area contributed by atoms with Crippen molar-refractivity contribution in [2.45, 2.75) is 95.8 Å². The number of ether oxygens (including phenoxy) is 2. The molecule has 0 spiro atoms. The first-order chi connectivity index (χ1) is 20.4. The normalized spacial score (nSPS) is 17.3. The maximum Gasteiger partial charge on any atom is 0.328 e. The number of carbonyl (C=O) groups excluding carboxylic acids is 5. The van der Waals surface area contributed by atoms with Gasteiger partial charge in [0.15, 0.2) is 0 Å². The van der Waals surface area contributed by atoms with Crippen LogP contribution in [-0.4, -0.2) is 103 Å². The number of esters is 2. The van der Waals surface area contributed by atoms with Crippen molar-refractivity contribution in [2.75, 3.05) is 26.9 Å². The SMILES string of the molecule is CCCCCCC(=O)N[C@H](CC(NCOC(=O)C1CCCNC1)C(=O)N[C@@H](CC(=O)N[C@@H](C)C(=O)OC)C(=O)O)C(=O)O. The van der Waals surface area contributed by atoms with Gasteiger partial charge in [-0.05, 0) is 32.7 Å². The van der Waals surface area contributed by atoms with E-state index in [9.17, 15) is 43.8 Å². The van der Waals surface area contributed by atoms with Crippen LogP contribution in [0.15, 0.2) is 0 Å². The average Bonchev–Trinajstić information content (AvgIpc) is 2.97. The standard InChI is InChI=1S/C27H45N5O11/c1-4-5-6-7-10-21(33)31-19(24(36)37)12-18(29-15-43-27(41)17-9-8-11-28-14-17)23(35)32-20(25(38)39)13-22(34)30-16(2)26(40)42-3/h16-20,28-29H,4-15H2,1-3H3,(H,30,34)(H,31,33)(H,32,35)(H,36,37)(H,38,39)/t16-,17?,18?,19+,20-/m0/s1. The third kappa shape index (κ3) is 14.8. The van der Waals surface area contributed by atoms with Crippen molar-refractivity contribution in [2.24, 2.45) is 5.92 Å². The second kappa shape index (κ2) is 20.2. The number of hydrogen-bond acceptors (Lipinski definition) is 11. The number of rotatable bonds is 20. The van der Waals surface area contributed by atoms with Gasteiger partial charge in [0.1, 0.15) is 24.9 Å². The van der Waals surface area contributed by atoms with Gasteiger partial charge in [0.05, 0.1) is 25.5 Å². The Bertz CT molecular complexity index is 971. The molecule has 244 valence electrons. The highest BCUT2D eigenvalue weighted by Gasteiger charge is 2.32. The summed E-state index contributed by atoms with van der Waals surface area (Å²) in [4.78, 5) is 85.6. The smallest absolute Gasteiger partial charge is 0.328 e. The molecule has 0 aliphatic carbocycles. The summed E-state index contributed by atoms with van der Waals surface area (Å²) < 4.78 is 9.73. The summed E-state index contributed by atoms with van der Waals surface area (Å²) in [6, 6.07) is -5.81. The van der Waals surface area contributed by atoms with E-state index in [0.717, 1.165) is 39.3 Å². The third-order valence-corrected chi connectivity index (χ3v) is 6.79. The van der Waals surface area contributed by atoms with Gasteiger partial charge in [-0.1, -0.05) is 26.2 Å². The molecule has 0 radical (unpaired) electrons. The van der Waals surface area contributed by atoms with E-state index >= 15 is 0 Å². The molecule has 0 aromatic heterocycles. The van der Waals surface area contributed by atoms with Crippen LogP contribution in [0, 0.1) is 5.92 Å². The Hall–Kier alpha value is -3.79. The Morgan fingerprint density at radius 3 is 2.19 bits per heavy atom. The molecule has 2 unspecified atom stereocenters. The van der Waals surface area contributed by atoms with Gasteiger partial charge < -0.3 is 41.0 Å². The van der Waals surface area contributed by atoms with E-state index in [0.29, 0.717) is 19.4 Å². The highest BCUT2D eigenvalue weighted by molar-refractivity contribution is 5.92. The number of nitrogens with one attached hydrogen (secondary N) is 5. The summed E-state index contributed by atoms with van der Waals surface area (Å²) in [5.41, 5.74) is 0. The van der Waals surface area contributed by atoms with Crippen LogP contribution in [0.3, 0.4) is 0 Å². The molecular weight excluding hydrogens is 570 g/mol. The molecule has 3 amide bonds. The Morgan fingerprint density at radius 2 is 1.60 bits per heavy atom. The second-order valence-electron chi connectivity index (χ2n) is 10.3. The zero-order valence-electron chi connectivity index (χ0n) is 24.9. The minimum absolute atomic E-state index is 0.0846. The van der Waals surface area contributed by atoms with Crippen molar-refractivity contribution in [3.63, 3.8) is 0 Å². The zero-order valence-corrected chi connectivity index (χ0v) is 24.9. The largest absolute Gasteiger partial charge is 0.480 e. The first-order valence-corrected chi connectivity index (χ1v) is 14.4. The van der Waals surface area contributed by atoms with Crippen LogP contribution in [0.4, 0.5) is 0 Å². The number of carbonyl (C=O) groups is 7. The van der Waals surface area contributed by atoms with Crippen molar-refractivity contribution < 1.29 is 53.2 Å². The maximum atomic E-state index is 13.2. The highest BCUT2D eigenvalue weighted by Crippen LogP contribution is 2.12. The van der Waals surface area contributed by atoms with E-state index in [1.165, 1.54) is 6.92 Å². The van der Waals surface area contributed by atoms with Gasteiger partial charge in [0, 0.05) is 19.4 Å². The molecule has 1 rings (SSSR count). The van der Waals surface area contributed by atoms with Crippen LogP contribution in [0.1, 0.15) is 71.6 Å². The summed E-state index contributed by atoms with van der Waals surface area (Å²) in [6.07, 6.45) is 3.40. The van der Waals surface area contributed by atoms with Crippen molar-refractivity contribution in [3.8, 4) is 0 Å². The molecule has 7 N–H and O–H groups in total. The molecule has 1 aliphatic rings. The number of amides is 3. The summed E-state index contributed by atoms with van der Waals surface area (Å²) in [7, 11) is 1.11. The summed E-state index contributed by atoms with van der Waals surface area (Å²) in [6.45, 7) is 4.03. The minimum Gasteiger partial charge on any atom is -0.480 e. The lowest BCUT2D eigenvalue weighted by Gasteiger charge is -2.25. The number of aliphatic carboxylic acids is 2. The summed E-state index contributed by atoms with van der Waals surface area (Å²) in [5.74, 6) is -7.11. The predicted molar refractivity (Wildman–Crippen MR) is 150 cm³/mol. The molecular formula is C27H45N5O11. The van der Waals surface area contributed by atoms with Gasteiger partial charge in [-0.3, -0.25) is 24.5 Å². The predicted octanol–water partition coefficient (Wildman–Crippen LogP) is -0.988. The fourth-order valence-electron chi connectivity index (χ4n) is 4.30. The molecule has 1 fully saturated rings. The number of unbranched alkanes of at least 4 members (excludes halogenated alkanes) is 3. The quantitative estimate of drug-likeness (QED) is 0.0495. The second-order valence-corrected chi connectivity index (χ2v) is 10.3. The highest BCUT2D eigenvalue weighted by atomic mass is 16.5. The van der Waals surface area contributed by atoms with Crippen LogP contribution < -0.4 is 26.6 Å². The van der Waals surface area contributed by atoms with Crippen LogP contribution in [0.25, 0.3) is 0 Å². The summed E-state index contributed by atoms with van der Waals surface area (Å²) >= 11 is 0. The molecule has 16 heteroatoms. The van der Waals surface area contributed by atoms with Gasteiger partial charge in [-0.25, -0.2) is 14.4 Å². The Kier molecular flexibility index (Phi) is 17.5. The minimum atomic E-state index is -1.76. The molecule has 1 heterocycles. The van der Waals surface area contributed by atoms with Crippen molar-refractivity contribution in [1.82, 2.24) is 26.6 Å². The lowest BCUT2D eigenvalue weighted by molar-refractivity contribution is -0.151. The van der Waals surface area contributed by atoms with Gasteiger partial charge in [-0.2, -0.15) is 0 Å². The van der Waals surface area contributed by atoms with Gasteiger partial charge in [-0.15, -0.1) is 0 Å². The van der Waals surface area contributed by atoms with Crippen molar-refractivity contribution >= 4 is 41.6 Å². The molecule has 0 aromatic carbocycles. The van der Waals surface area contributed by atoms with Crippen LogP contribution in [0.5, 0.6) is 0 Å². The third-order valence-electron chi connectivity index (χ3n) is 6.79. The van der Waals surface area contributed by atoms with E-state index in [1.54, 1.807) is 0 Å². The maximum absolute atomic E-state index is 13.2. The number of carboxylic acids is 2. The van der Waals surface area contributed by atoms with E-state index < -0.39 is 91.3 Å². The topological polar surface area (TPSA) is 239 Å². The fraction of sp³-hybridized carbons (Fsp3) is 0.741. The Labute approximate surface area is 250 Å².